The quantitative estimate of drug-likeness (QED) is 0.357. The summed E-state index contributed by atoms with van der Waals surface area (Å²) >= 11 is 1.07. The molecule has 190 valence electrons. The Morgan fingerprint density at radius 3 is 2.14 bits per heavy atom. The molecule has 0 saturated heterocycles. The Labute approximate surface area is 220 Å². The van der Waals surface area contributed by atoms with E-state index in [4.69, 9.17) is 10.9 Å². The van der Waals surface area contributed by atoms with Gasteiger partial charge in [0.05, 0.1) is 15.7 Å². The van der Waals surface area contributed by atoms with Crippen molar-refractivity contribution in [2.75, 3.05) is 11.1 Å². The van der Waals surface area contributed by atoms with E-state index in [1.165, 1.54) is 24.3 Å². The van der Waals surface area contributed by atoms with Gasteiger partial charge in [-0.1, -0.05) is 56.8 Å². The summed E-state index contributed by atoms with van der Waals surface area (Å²) in [5.41, 5.74) is 8.91. The van der Waals surface area contributed by atoms with Gasteiger partial charge in [0.15, 0.2) is 0 Å². The van der Waals surface area contributed by atoms with Crippen LogP contribution in [-0.4, -0.2) is 24.6 Å². The maximum absolute atomic E-state index is 13.0. The van der Waals surface area contributed by atoms with Gasteiger partial charge in [0, 0.05) is 11.3 Å². The van der Waals surface area contributed by atoms with Crippen LogP contribution in [0.2, 0.25) is 0 Å². The summed E-state index contributed by atoms with van der Waals surface area (Å²) in [5, 5.41) is 27.3. The molecule has 0 aliphatic rings. The van der Waals surface area contributed by atoms with E-state index in [1.807, 2.05) is 31.2 Å². The van der Waals surface area contributed by atoms with E-state index in [-0.39, 0.29) is 32.8 Å². The molecule has 0 saturated carbocycles. The number of amides is 1. The third kappa shape index (κ3) is 6.27. The summed E-state index contributed by atoms with van der Waals surface area (Å²) in [6.07, 6.45) is 0.399. The van der Waals surface area contributed by atoms with Crippen LogP contribution in [0.5, 0.6) is 0 Å². The van der Waals surface area contributed by atoms with Crippen LogP contribution in [0.1, 0.15) is 49.8 Å². The van der Waals surface area contributed by atoms with Gasteiger partial charge in [0.2, 0.25) is 15.9 Å². The van der Waals surface area contributed by atoms with Crippen LogP contribution in [0, 0.1) is 22.7 Å². The van der Waals surface area contributed by atoms with Crippen molar-refractivity contribution in [1.29, 1.82) is 10.5 Å². The Bertz CT molecular complexity index is 1500. The molecule has 5 N–H and O–H groups in total. The lowest BCUT2D eigenvalue weighted by atomic mass is 9.94. The number of carbonyl (C=O) groups is 1. The molecule has 3 aromatic rings. The Balaban J connectivity index is 1.96. The van der Waals surface area contributed by atoms with Gasteiger partial charge in [0.25, 0.3) is 0 Å². The molecule has 0 fully saturated rings. The lowest BCUT2D eigenvalue weighted by molar-refractivity contribution is -0.115. The predicted molar refractivity (Wildman–Crippen MR) is 144 cm³/mol. The zero-order chi connectivity index (χ0) is 27.3. The second-order valence-corrected chi connectivity index (χ2v) is 11.3. The highest BCUT2D eigenvalue weighted by atomic mass is 32.2. The maximum Gasteiger partial charge on any atom is 0.238 e. The van der Waals surface area contributed by atoms with Crippen molar-refractivity contribution in [2.45, 2.75) is 48.3 Å². The molecule has 9 nitrogen and oxygen atoms in total. The summed E-state index contributed by atoms with van der Waals surface area (Å²) in [5.74, 6) is -0.0821. The lowest BCUT2D eigenvalue weighted by Gasteiger charge is -2.18. The molecule has 0 aliphatic carbocycles. The molecule has 37 heavy (non-hydrogen) atoms. The average Bonchev–Trinajstić information content (AvgIpc) is 2.86. The number of benzene rings is 2. The fourth-order valence-electron chi connectivity index (χ4n) is 3.61. The Morgan fingerprint density at radius 2 is 1.65 bits per heavy atom. The molecular formula is C26H26N6O3S2. The molecule has 1 unspecified atom stereocenters. The molecule has 0 bridgehead atoms. The van der Waals surface area contributed by atoms with Crippen LogP contribution in [0.15, 0.2) is 58.5 Å². The molecule has 11 heteroatoms. The number of hydrogen-bond acceptors (Lipinski definition) is 8. The minimum absolute atomic E-state index is 0.0271. The zero-order valence-corrected chi connectivity index (χ0v) is 22.2. The maximum atomic E-state index is 13.0. The number of nitrogen functional groups attached to an aromatic ring is 1. The third-order valence-electron chi connectivity index (χ3n) is 5.65. The van der Waals surface area contributed by atoms with Crippen LogP contribution in [0.25, 0.3) is 11.1 Å². The van der Waals surface area contributed by atoms with Gasteiger partial charge in [-0.15, -0.1) is 0 Å². The first-order chi connectivity index (χ1) is 17.5. The molecule has 0 radical (unpaired) electrons. The fraction of sp³-hybridized carbons (Fsp3) is 0.231. The number of thioether (sulfide) groups is 1. The molecule has 3 rings (SSSR count). The van der Waals surface area contributed by atoms with Gasteiger partial charge in [-0.2, -0.15) is 10.5 Å². The van der Waals surface area contributed by atoms with Gasteiger partial charge < -0.3 is 11.1 Å². The minimum atomic E-state index is -3.85. The molecule has 1 atom stereocenters. The molecule has 1 heterocycles. The van der Waals surface area contributed by atoms with Crippen LogP contribution < -0.4 is 16.2 Å². The van der Waals surface area contributed by atoms with Crippen molar-refractivity contribution in [1.82, 2.24) is 4.98 Å². The molecule has 1 aromatic heterocycles. The number of nitrogens with one attached hydrogen (secondary N) is 1. The number of anilines is 2. The van der Waals surface area contributed by atoms with Crippen LogP contribution in [0.3, 0.4) is 0 Å². The van der Waals surface area contributed by atoms with E-state index in [9.17, 15) is 23.7 Å². The highest BCUT2D eigenvalue weighted by Crippen LogP contribution is 2.38. The van der Waals surface area contributed by atoms with Gasteiger partial charge in [0.1, 0.15) is 28.5 Å². The van der Waals surface area contributed by atoms with Crippen LogP contribution in [-0.2, 0) is 14.8 Å². The number of hydrogen-bond donors (Lipinski definition) is 3. The summed E-state index contributed by atoms with van der Waals surface area (Å²) in [6, 6.07) is 17.2. The highest BCUT2D eigenvalue weighted by Gasteiger charge is 2.25. The SMILES string of the molecule is CCC(Sc1nc(N)c(C#N)c(-c2ccc(C(C)C)cc2)c1C#N)C(=O)Nc1ccc(S(N)(=O)=O)cc1. The Kier molecular flexibility index (Phi) is 8.56. The van der Waals surface area contributed by atoms with Crippen molar-refractivity contribution in [3.8, 4) is 23.3 Å². The third-order valence-corrected chi connectivity index (χ3v) is 7.93. The predicted octanol–water partition coefficient (Wildman–Crippen LogP) is 4.35. The van der Waals surface area contributed by atoms with Gasteiger partial charge >= 0.3 is 0 Å². The van der Waals surface area contributed by atoms with Crippen molar-refractivity contribution >= 4 is 39.2 Å². The first kappa shape index (κ1) is 27.7. The van der Waals surface area contributed by atoms with Gasteiger partial charge in [-0.25, -0.2) is 18.5 Å². The monoisotopic (exact) mass is 534 g/mol. The van der Waals surface area contributed by atoms with E-state index >= 15 is 0 Å². The molecule has 1 amide bonds. The number of carbonyl (C=O) groups excluding carboxylic acids is 1. The van der Waals surface area contributed by atoms with E-state index < -0.39 is 15.3 Å². The van der Waals surface area contributed by atoms with E-state index in [2.05, 4.69) is 36.3 Å². The summed E-state index contributed by atoms with van der Waals surface area (Å²) < 4.78 is 22.9. The number of aromatic nitrogens is 1. The van der Waals surface area contributed by atoms with E-state index in [1.54, 1.807) is 0 Å². The van der Waals surface area contributed by atoms with Crippen molar-refractivity contribution in [2.24, 2.45) is 5.14 Å². The zero-order valence-electron chi connectivity index (χ0n) is 20.5. The molecule has 0 spiro atoms. The highest BCUT2D eigenvalue weighted by molar-refractivity contribution is 8.00. The Morgan fingerprint density at radius 1 is 1.05 bits per heavy atom. The van der Waals surface area contributed by atoms with Crippen LogP contribution in [0.4, 0.5) is 11.5 Å². The molecule has 0 aliphatic heterocycles. The number of nitriles is 2. The van der Waals surface area contributed by atoms with E-state index in [0.29, 0.717) is 29.2 Å². The topological polar surface area (TPSA) is 176 Å². The number of primary sulfonamides is 1. The number of sulfonamides is 1. The summed E-state index contributed by atoms with van der Waals surface area (Å²) in [6.45, 7) is 5.95. The lowest BCUT2D eigenvalue weighted by Crippen LogP contribution is -2.25. The number of nitrogens with two attached hydrogens (primary N) is 2. The standard InChI is InChI=1S/C26H26N6O3S2/c1-4-22(25(33)31-18-9-11-19(12-10-18)37(30,34)35)36-26-21(14-28)23(20(13-27)24(29)32-26)17-7-5-16(6-8-17)15(2)3/h5-12,15,22H,4H2,1-3H3,(H2,29,32)(H,31,33)(H2,30,34,35). The first-order valence-corrected chi connectivity index (χ1v) is 13.8. The van der Waals surface area contributed by atoms with Crippen molar-refractivity contribution < 1.29 is 13.2 Å². The number of nitrogens with zero attached hydrogens (tertiary/aromatic N) is 3. The fourth-order valence-corrected chi connectivity index (χ4v) is 5.15. The smallest absolute Gasteiger partial charge is 0.238 e. The molecule has 2 aromatic carbocycles. The van der Waals surface area contributed by atoms with Crippen molar-refractivity contribution in [3.63, 3.8) is 0 Å². The van der Waals surface area contributed by atoms with Crippen molar-refractivity contribution in [3.05, 3.63) is 65.2 Å². The van der Waals surface area contributed by atoms with Crippen LogP contribution >= 0.6 is 11.8 Å². The largest absolute Gasteiger partial charge is 0.383 e. The van der Waals surface area contributed by atoms with E-state index in [0.717, 1.165) is 17.3 Å². The summed E-state index contributed by atoms with van der Waals surface area (Å²) in [7, 11) is -3.85. The normalized spacial score (nSPS) is 12.0. The second kappa shape index (κ2) is 11.4. The number of rotatable bonds is 8. The van der Waals surface area contributed by atoms with Gasteiger partial charge in [-0.3, -0.25) is 4.79 Å². The first-order valence-electron chi connectivity index (χ1n) is 11.3. The molecular weight excluding hydrogens is 508 g/mol. The minimum Gasteiger partial charge on any atom is -0.383 e. The second-order valence-electron chi connectivity index (χ2n) is 8.50. The van der Waals surface area contributed by atoms with Gasteiger partial charge in [-0.05, 0) is 47.7 Å². The summed E-state index contributed by atoms with van der Waals surface area (Å²) in [4.78, 5) is 17.2. The Hall–Kier alpha value is -3.90. The average molecular weight is 535 g/mol. The number of pyridine rings is 1.